The molecule has 2 N–H and O–H groups in total. The summed E-state index contributed by atoms with van der Waals surface area (Å²) >= 11 is 0. The summed E-state index contributed by atoms with van der Waals surface area (Å²) in [4.78, 5) is 16.3. The third-order valence-corrected chi connectivity index (χ3v) is 3.74. The first kappa shape index (κ1) is 15.8. The highest BCUT2D eigenvalue weighted by atomic mass is 16.5. The number of nitrogens with zero attached hydrogens (tertiary/aromatic N) is 1. The third-order valence-electron chi connectivity index (χ3n) is 3.74. The predicted molar refractivity (Wildman–Crippen MR) is 81.9 cm³/mol. The highest BCUT2D eigenvalue weighted by molar-refractivity contribution is 5.74. The van der Waals surface area contributed by atoms with Crippen molar-refractivity contribution in [2.45, 2.75) is 45.3 Å². The average Bonchev–Trinajstić information content (AvgIpc) is 2.98. The van der Waals surface area contributed by atoms with E-state index in [9.17, 15) is 4.79 Å². The van der Waals surface area contributed by atoms with Crippen molar-refractivity contribution in [2.75, 3.05) is 13.2 Å². The number of ether oxygens (including phenoxy) is 1. The molecule has 0 bridgehead atoms. The smallest absolute Gasteiger partial charge is 0.315 e. The summed E-state index contributed by atoms with van der Waals surface area (Å²) in [5, 5.41) is 5.91. The van der Waals surface area contributed by atoms with Gasteiger partial charge in [0, 0.05) is 19.3 Å². The van der Waals surface area contributed by atoms with Crippen molar-refractivity contribution in [3.8, 4) is 0 Å². The monoisotopic (exact) mass is 291 g/mol. The first-order valence-corrected chi connectivity index (χ1v) is 7.73. The molecule has 5 heteroatoms. The van der Waals surface area contributed by atoms with Gasteiger partial charge in [0.05, 0.1) is 17.8 Å². The van der Waals surface area contributed by atoms with Gasteiger partial charge in [-0.2, -0.15) is 0 Å². The van der Waals surface area contributed by atoms with E-state index in [1.807, 2.05) is 18.2 Å². The molecule has 1 aromatic heterocycles. The molecule has 1 saturated heterocycles. The van der Waals surface area contributed by atoms with Crippen LogP contribution in [0.4, 0.5) is 4.79 Å². The van der Waals surface area contributed by atoms with Crippen molar-refractivity contribution in [1.29, 1.82) is 0 Å². The molecular formula is C16H25N3O2. The topological polar surface area (TPSA) is 63.2 Å². The second-order valence-corrected chi connectivity index (χ2v) is 5.80. The largest absolute Gasteiger partial charge is 0.378 e. The fourth-order valence-electron chi connectivity index (χ4n) is 2.55. The van der Waals surface area contributed by atoms with Crippen molar-refractivity contribution in [3.05, 3.63) is 30.1 Å². The van der Waals surface area contributed by atoms with Crippen LogP contribution in [0.15, 0.2) is 24.4 Å². The van der Waals surface area contributed by atoms with Gasteiger partial charge in [0.25, 0.3) is 0 Å². The van der Waals surface area contributed by atoms with Crippen molar-refractivity contribution in [2.24, 2.45) is 5.92 Å². The summed E-state index contributed by atoms with van der Waals surface area (Å²) in [5.41, 5.74) is 0.891. The fraction of sp³-hybridized carbons (Fsp3) is 0.625. The van der Waals surface area contributed by atoms with Gasteiger partial charge in [0.15, 0.2) is 0 Å². The van der Waals surface area contributed by atoms with Gasteiger partial charge in [0.1, 0.15) is 0 Å². The van der Waals surface area contributed by atoms with E-state index in [0.29, 0.717) is 12.6 Å². The first-order chi connectivity index (χ1) is 10.2. The van der Waals surface area contributed by atoms with Crippen molar-refractivity contribution in [1.82, 2.24) is 15.6 Å². The van der Waals surface area contributed by atoms with Crippen LogP contribution < -0.4 is 10.6 Å². The Morgan fingerprint density at radius 2 is 2.33 bits per heavy atom. The molecule has 116 valence electrons. The minimum absolute atomic E-state index is 0.0751. The lowest BCUT2D eigenvalue weighted by Crippen LogP contribution is -2.41. The Morgan fingerprint density at radius 1 is 1.48 bits per heavy atom. The third kappa shape index (κ3) is 5.01. The molecule has 0 radical (unpaired) electrons. The molecule has 0 aliphatic carbocycles. The van der Waals surface area contributed by atoms with Crippen LogP contribution in [-0.4, -0.2) is 30.3 Å². The van der Waals surface area contributed by atoms with Crippen LogP contribution in [-0.2, 0) is 4.74 Å². The Balaban J connectivity index is 1.78. The maximum Gasteiger partial charge on any atom is 0.315 e. The molecule has 2 rings (SSSR count). The summed E-state index contributed by atoms with van der Waals surface area (Å²) in [7, 11) is 0. The van der Waals surface area contributed by atoms with Gasteiger partial charge in [-0.1, -0.05) is 19.9 Å². The van der Waals surface area contributed by atoms with Gasteiger partial charge in [0.2, 0.25) is 0 Å². The molecule has 21 heavy (non-hydrogen) atoms. The molecule has 1 aromatic rings. The van der Waals surface area contributed by atoms with Gasteiger partial charge >= 0.3 is 6.03 Å². The minimum atomic E-state index is -0.141. The van der Waals surface area contributed by atoms with Crippen LogP contribution in [0.5, 0.6) is 0 Å². The quantitative estimate of drug-likeness (QED) is 0.847. The zero-order chi connectivity index (χ0) is 15.1. The van der Waals surface area contributed by atoms with Crippen LogP contribution in [0.1, 0.15) is 44.8 Å². The van der Waals surface area contributed by atoms with Crippen LogP contribution in [0.25, 0.3) is 0 Å². The predicted octanol–water partition coefficient (Wildman–Crippen LogP) is 2.65. The zero-order valence-corrected chi connectivity index (χ0v) is 12.8. The molecule has 2 heterocycles. The number of nitrogens with one attached hydrogen (secondary N) is 2. The van der Waals surface area contributed by atoms with Gasteiger partial charge < -0.3 is 15.4 Å². The number of aromatic nitrogens is 1. The molecule has 0 spiro atoms. The van der Waals surface area contributed by atoms with Crippen molar-refractivity contribution >= 4 is 6.03 Å². The Bertz CT molecular complexity index is 430. The highest BCUT2D eigenvalue weighted by Crippen LogP contribution is 2.19. The Labute approximate surface area is 126 Å². The lowest BCUT2D eigenvalue weighted by molar-refractivity contribution is 0.104. The van der Waals surface area contributed by atoms with E-state index in [0.717, 1.165) is 31.6 Å². The molecule has 2 atom stereocenters. The molecule has 2 amide bonds. The normalized spacial score (nSPS) is 19.5. The van der Waals surface area contributed by atoms with Crippen molar-refractivity contribution in [3.63, 3.8) is 0 Å². The fourth-order valence-corrected chi connectivity index (χ4v) is 2.55. The Morgan fingerprint density at radius 3 is 2.95 bits per heavy atom. The van der Waals surface area contributed by atoms with E-state index in [1.54, 1.807) is 6.20 Å². The van der Waals surface area contributed by atoms with E-state index < -0.39 is 0 Å². The van der Waals surface area contributed by atoms with Gasteiger partial charge in [-0.15, -0.1) is 0 Å². The zero-order valence-electron chi connectivity index (χ0n) is 12.8. The van der Waals surface area contributed by atoms with Gasteiger partial charge in [-0.05, 0) is 37.3 Å². The number of hydrogen-bond donors (Lipinski definition) is 2. The lowest BCUT2D eigenvalue weighted by atomic mass is 10.0. The number of amides is 2. The summed E-state index contributed by atoms with van der Waals surface area (Å²) < 4.78 is 5.54. The number of pyridine rings is 1. The summed E-state index contributed by atoms with van der Waals surface area (Å²) in [5.74, 6) is 0.281. The van der Waals surface area contributed by atoms with Gasteiger partial charge in [-0.25, -0.2) is 4.79 Å². The summed E-state index contributed by atoms with van der Waals surface area (Å²) in [6.45, 7) is 5.65. The SMILES string of the molecule is CC(C)[C@@H](NC(=O)NCC[C@H]1CCCO1)c1ccccn1. The molecule has 0 unspecified atom stereocenters. The summed E-state index contributed by atoms with van der Waals surface area (Å²) in [6.07, 6.45) is 5.17. The maximum atomic E-state index is 12.0. The van der Waals surface area contributed by atoms with E-state index >= 15 is 0 Å². The minimum Gasteiger partial charge on any atom is -0.378 e. The molecule has 1 aliphatic rings. The van der Waals surface area contributed by atoms with E-state index in [1.165, 1.54) is 0 Å². The number of urea groups is 1. The number of hydrogen-bond acceptors (Lipinski definition) is 3. The Hall–Kier alpha value is -1.62. The Kier molecular flexibility index (Phi) is 5.99. The molecule has 1 fully saturated rings. The van der Waals surface area contributed by atoms with E-state index in [2.05, 4.69) is 29.5 Å². The molecule has 1 aliphatic heterocycles. The van der Waals surface area contributed by atoms with Crippen LogP contribution in [0.3, 0.4) is 0 Å². The molecular weight excluding hydrogens is 266 g/mol. The molecule has 0 aromatic carbocycles. The number of rotatable bonds is 6. The van der Waals surface area contributed by atoms with Crippen LogP contribution >= 0.6 is 0 Å². The van der Waals surface area contributed by atoms with Crippen molar-refractivity contribution < 1.29 is 9.53 Å². The maximum absolute atomic E-state index is 12.0. The highest BCUT2D eigenvalue weighted by Gasteiger charge is 2.20. The average molecular weight is 291 g/mol. The number of carbonyl (C=O) groups is 1. The molecule has 5 nitrogen and oxygen atoms in total. The van der Waals surface area contributed by atoms with Crippen LogP contribution in [0, 0.1) is 5.92 Å². The number of carbonyl (C=O) groups excluding carboxylic acids is 1. The second-order valence-electron chi connectivity index (χ2n) is 5.80. The first-order valence-electron chi connectivity index (χ1n) is 7.73. The standard InChI is InChI=1S/C16H25N3O2/c1-12(2)15(14-7-3-4-9-17-14)19-16(20)18-10-8-13-6-5-11-21-13/h3-4,7,9,12-13,15H,5-6,8,10-11H2,1-2H3,(H2,18,19,20)/t13-,15-/m1/s1. The van der Waals surface area contributed by atoms with Crippen LogP contribution in [0.2, 0.25) is 0 Å². The summed E-state index contributed by atoms with van der Waals surface area (Å²) in [6, 6.07) is 5.54. The second kappa shape index (κ2) is 7.98. The van der Waals surface area contributed by atoms with Gasteiger partial charge in [-0.3, -0.25) is 4.98 Å². The molecule has 0 saturated carbocycles. The van der Waals surface area contributed by atoms with E-state index in [4.69, 9.17) is 4.74 Å². The van der Waals surface area contributed by atoms with E-state index in [-0.39, 0.29) is 18.0 Å². The lowest BCUT2D eigenvalue weighted by Gasteiger charge is -2.22.